The predicted octanol–water partition coefficient (Wildman–Crippen LogP) is 2.04. The Balaban J connectivity index is 2.16. The van der Waals surface area contributed by atoms with E-state index in [1.807, 2.05) is 32.9 Å². The quantitative estimate of drug-likeness (QED) is 0.812. The van der Waals surface area contributed by atoms with Crippen LogP contribution in [0.3, 0.4) is 0 Å². The lowest BCUT2D eigenvalue weighted by Crippen LogP contribution is -2.39. The molecule has 0 aliphatic carbocycles. The normalized spacial score (nSPS) is 14.2. The molecule has 0 amide bonds. The predicted molar refractivity (Wildman–Crippen MR) is 74.9 cm³/mol. The third kappa shape index (κ3) is 3.40. The van der Waals surface area contributed by atoms with Crippen LogP contribution >= 0.6 is 0 Å². The molecule has 0 saturated heterocycles. The molecule has 1 atom stereocenters. The summed E-state index contributed by atoms with van der Waals surface area (Å²) in [5.41, 5.74) is 7.14. The fourth-order valence-corrected chi connectivity index (χ4v) is 1.74. The first-order valence-corrected chi connectivity index (χ1v) is 6.67. The van der Waals surface area contributed by atoms with Crippen LogP contribution in [-0.4, -0.2) is 28.3 Å². The summed E-state index contributed by atoms with van der Waals surface area (Å²) in [7, 11) is 0. The largest absolute Gasteiger partial charge is 0.379 e. The minimum absolute atomic E-state index is 0.356. The number of hydrogen-bond acceptors (Lipinski definition) is 6. The van der Waals surface area contributed by atoms with E-state index in [0.29, 0.717) is 24.9 Å². The molecule has 0 aliphatic heterocycles. The summed E-state index contributed by atoms with van der Waals surface area (Å²) in [6, 6.07) is 3.71. The molecule has 2 N–H and O–H groups in total. The zero-order valence-corrected chi connectivity index (χ0v) is 12.1. The minimum atomic E-state index is -0.765. The topological polar surface area (TPSA) is 87.1 Å². The van der Waals surface area contributed by atoms with Crippen LogP contribution in [0.2, 0.25) is 0 Å². The molecule has 2 rings (SSSR count). The highest BCUT2D eigenvalue weighted by Crippen LogP contribution is 2.21. The van der Waals surface area contributed by atoms with Crippen molar-refractivity contribution in [3.05, 3.63) is 29.8 Å². The molecular formula is C14H20N4O2. The second-order valence-corrected chi connectivity index (χ2v) is 5.08. The Hall–Kier alpha value is -1.79. The van der Waals surface area contributed by atoms with Crippen LogP contribution < -0.4 is 5.73 Å². The summed E-state index contributed by atoms with van der Waals surface area (Å²) in [5.74, 6) is 0.885. The number of nitrogens with two attached hydrogens (primary N) is 1. The van der Waals surface area contributed by atoms with Crippen molar-refractivity contribution < 1.29 is 9.26 Å². The number of ether oxygens (including phenoxy) is 1. The molecule has 2 aromatic rings. The number of nitrogens with zero attached hydrogens (tertiary/aromatic N) is 3. The van der Waals surface area contributed by atoms with Gasteiger partial charge in [-0.2, -0.15) is 4.98 Å². The summed E-state index contributed by atoms with van der Waals surface area (Å²) in [6.07, 6.45) is 2.66. The van der Waals surface area contributed by atoms with E-state index in [1.165, 1.54) is 0 Å². The fourth-order valence-electron chi connectivity index (χ4n) is 1.74. The molecule has 2 aromatic heterocycles. The van der Waals surface area contributed by atoms with Gasteiger partial charge in [0.1, 0.15) is 5.54 Å². The van der Waals surface area contributed by atoms with Gasteiger partial charge < -0.3 is 15.0 Å². The molecule has 0 spiro atoms. The Morgan fingerprint density at radius 2 is 2.25 bits per heavy atom. The van der Waals surface area contributed by atoms with Gasteiger partial charge in [-0.15, -0.1) is 0 Å². The fraction of sp³-hybridized carbons (Fsp3) is 0.500. The number of aryl methyl sites for hydroxylation is 1. The zero-order chi connectivity index (χ0) is 14.6. The summed E-state index contributed by atoms with van der Waals surface area (Å²) < 4.78 is 10.8. The van der Waals surface area contributed by atoms with Crippen molar-refractivity contribution >= 4 is 0 Å². The molecule has 0 saturated carbocycles. The summed E-state index contributed by atoms with van der Waals surface area (Å²) >= 11 is 0. The average molecular weight is 276 g/mol. The molecular weight excluding hydrogens is 256 g/mol. The van der Waals surface area contributed by atoms with Crippen LogP contribution in [0.25, 0.3) is 11.5 Å². The van der Waals surface area contributed by atoms with Gasteiger partial charge in [-0.25, -0.2) is 0 Å². The molecule has 0 aliphatic rings. The first-order chi connectivity index (χ1) is 9.53. The van der Waals surface area contributed by atoms with Crippen LogP contribution in [-0.2, 0) is 10.3 Å². The zero-order valence-electron chi connectivity index (χ0n) is 12.1. The van der Waals surface area contributed by atoms with Gasteiger partial charge in [-0.3, -0.25) is 4.98 Å². The van der Waals surface area contributed by atoms with Crippen LogP contribution in [0.5, 0.6) is 0 Å². The van der Waals surface area contributed by atoms with Gasteiger partial charge >= 0.3 is 0 Å². The van der Waals surface area contributed by atoms with Crippen molar-refractivity contribution in [1.82, 2.24) is 15.1 Å². The second kappa shape index (κ2) is 6.11. The van der Waals surface area contributed by atoms with Crippen LogP contribution in [0.4, 0.5) is 0 Å². The molecule has 20 heavy (non-hydrogen) atoms. The van der Waals surface area contributed by atoms with Crippen LogP contribution in [0, 0.1) is 6.92 Å². The van der Waals surface area contributed by atoms with Crippen molar-refractivity contribution in [3.8, 4) is 11.5 Å². The molecule has 1 unspecified atom stereocenters. The van der Waals surface area contributed by atoms with E-state index in [-0.39, 0.29) is 0 Å². The first kappa shape index (κ1) is 14.6. The molecule has 0 fully saturated rings. The lowest BCUT2D eigenvalue weighted by molar-refractivity contribution is 0.0867. The van der Waals surface area contributed by atoms with Crippen molar-refractivity contribution in [2.75, 3.05) is 13.2 Å². The smallest absolute Gasteiger partial charge is 0.258 e. The monoisotopic (exact) mass is 276 g/mol. The molecule has 108 valence electrons. The molecule has 6 heteroatoms. The maximum Gasteiger partial charge on any atom is 0.258 e. The first-order valence-electron chi connectivity index (χ1n) is 6.67. The summed E-state index contributed by atoms with van der Waals surface area (Å²) in [6.45, 7) is 6.81. The standard InChI is InChI=1S/C14H20N4O2/c1-4-7-19-9-14(3,15)13-17-12(20-18-13)11-5-6-16-10(2)8-11/h5-6,8H,4,7,9,15H2,1-3H3. The van der Waals surface area contributed by atoms with Crippen molar-refractivity contribution in [2.24, 2.45) is 5.73 Å². The van der Waals surface area contributed by atoms with Crippen molar-refractivity contribution in [3.63, 3.8) is 0 Å². The van der Waals surface area contributed by atoms with Gasteiger partial charge in [0.05, 0.1) is 6.61 Å². The van der Waals surface area contributed by atoms with Gasteiger partial charge in [0.25, 0.3) is 5.89 Å². The Bertz CT molecular complexity index is 566. The molecule has 0 radical (unpaired) electrons. The van der Waals surface area contributed by atoms with E-state index in [0.717, 1.165) is 17.7 Å². The van der Waals surface area contributed by atoms with E-state index in [1.54, 1.807) is 6.20 Å². The van der Waals surface area contributed by atoms with Gasteiger partial charge in [0.2, 0.25) is 0 Å². The van der Waals surface area contributed by atoms with Gasteiger partial charge in [0, 0.05) is 24.1 Å². The highest BCUT2D eigenvalue weighted by atomic mass is 16.5. The van der Waals surface area contributed by atoms with Gasteiger partial charge in [-0.05, 0) is 32.4 Å². The highest BCUT2D eigenvalue weighted by Gasteiger charge is 2.28. The summed E-state index contributed by atoms with van der Waals surface area (Å²) in [4.78, 5) is 8.50. The van der Waals surface area contributed by atoms with Gasteiger partial charge in [-0.1, -0.05) is 12.1 Å². The maximum absolute atomic E-state index is 6.18. The third-order valence-corrected chi connectivity index (χ3v) is 2.83. The number of aromatic nitrogens is 3. The van der Waals surface area contributed by atoms with E-state index in [9.17, 15) is 0 Å². The maximum atomic E-state index is 6.18. The van der Waals surface area contributed by atoms with E-state index in [4.69, 9.17) is 15.0 Å². The van der Waals surface area contributed by atoms with Gasteiger partial charge in [0.15, 0.2) is 5.82 Å². The Morgan fingerprint density at radius 3 is 2.95 bits per heavy atom. The lowest BCUT2D eigenvalue weighted by Gasteiger charge is -2.19. The average Bonchev–Trinajstić information content (AvgIpc) is 2.89. The molecule has 6 nitrogen and oxygen atoms in total. The minimum Gasteiger partial charge on any atom is -0.379 e. The lowest BCUT2D eigenvalue weighted by atomic mass is 10.1. The second-order valence-electron chi connectivity index (χ2n) is 5.08. The third-order valence-electron chi connectivity index (χ3n) is 2.83. The van der Waals surface area contributed by atoms with Crippen molar-refractivity contribution in [1.29, 1.82) is 0 Å². The molecule has 2 heterocycles. The Morgan fingerprint density at radius 1 is 1.45 bits per heavy atom. The van der Waals surface area contributed by atoms with E-state index in [2.05, 4.69) is 15.1 Å². The van der Waals surface area contributed by atoms with Crippen molar-refractivity contribution in [2.45, 2.75) is 32.7 Å². The highest BCUT2D eigenvalue weighted by molar-refractivity contribution is 5.52. The number of hydrogen-bond donors (Lipinski definition) is 1. The SMILES string of the molecule is CCCOCC(C)(N)c1noc(-c2ccnc(C)c2)n1. The van der Waals surface area contributed by atoms with E-state index >= 15 is 0 Å². The van der Waals surface area contributed by atoms with Crippen LogP contribution in [0.1, 0.15) is 31.8 Å². The Kier molecular flexibility index (Phi) is 4.46. The van der Waals surface area contributed by atoms with E-state index < -0.39 is 5.54 Å². The number of rotatable bonds is 6. The number of pyridine rings is 1. The Labute approximate surface area is 118 Å². The summed E-state index contributed by atoms with van der Waals surface area (Å²) in [5, 5.41) is 3.96. The van der Waals surface area contributed by atoms with Crippen LogP contribution in [0.15, 0.2) is 22.9 Å². The molecule has 0 aromatic carbocycles. The molecule has 0 bridgehead atoms.